The van der Waals surface area contributed by atoms with Crippen molar-refractivity contribution in [2.45, 2.75) is 92.5 Å². The second-order valence-electron chi connectivity index (χ2n) is 14.0. The van der Waals surface area contributed by atoms with Crippen LogP contribution < -0.4 is 4.90 Å². The van der Waals surface area contributed by atoms with Crippen molar-refractivity contribution >= 4 is 22.3 Å². The summed E-state index contributed by atoms with van der Waals surface area (Å²) < 4.78 is 2.54. The molecule has 0 saturated heterocycles. The number of aromatic nitrogens is 1. The van der Waals surface area contributed by atoms with Gasteiger partial charge in [0.25, 0.3) is 0 Å². The Kier molecular flexibility index (Phi) is 6.53. The number of rotatable bonds is 4. The molecule has 2 atom stereocenters. The van der Waals surface area contributed by atoms with Crippen molar-refractivity contribution in [1.29, 1.82) is 0 Å². The summed E-state index contributed by atoms with van der Waals surface area (Å²) in [5.74, 6) is 1.49. The Morgan fingerprint density at radius 3 is 1.97 bits per heavy atom. The van der Waals surface area contributed by atoms with Crippen LogP contribution in [0.5, 0.6) is 0 Å². The summed E-state index contributed by atoms with van der Waals surface area (Å²) in [6.45, 7) is 23.7. The summed E-state index contributed by atoms with van der Waals surface area (Å²) in [6, 6.07) is 27.7. The van der Waals surface area contributed by atoms with Crippen LogP contribution in [0.3, 0.4) is 0 Å². The molecule has 4 aromatic rings. The fraction of sp³-hybridized carbons (Fsp3) is 0.444. The zero-order chi connectivity index (χ0) is 27.6. The monoisotopic (exact) mass is 506 g/mol. The minimum Gasteiger partial charge on any atom is -0.337 e. The van der Waals surface area contributed by atoms with E-state index in [-0.39, 0.29) is 10.8 Å². The van der Waals surface area contributed by atoms with Crippen LogP contribution in [0, 0.1) is 11.3 Å². The third-order valence-electron chi connectivity index (χ3n) is 8.35. The van der Waals surface area contributed by atoms with Crippen molar-refractivity contribution in [2.24, 2.45) is 11.3 Å². The molecule has 0 aliphatic carbocycles. The maximum Gasteiger partial charge on any atom is 0.0534 e. The highest BCUT2D eigenvalue weighted by Crippen LogP contribution is 2.53. The van der Waals surface area contributed by atoms with E-state index < -0.39 is 0 Å². The van der Waals surface area contributed by atoms with Gasteiger partial charge in [-0.1, -0.05) is 112 Å². The first-order valence-electron chi connectivity index (χ1n) is 14.4. The molecule has 1 aromatic heterocycles. The highest BCUT2D eigenvalue weighted by molar-refractivity contribution is 5.89. The number of fused-ring (bicyclic) bond motifs is 2. The minimum absolute atomic E-state index is 0.00551. The average Bonchev–Trinajstić information content (AvgIpc) is 3.38. The highest BCUT2D eigenvalue weighted by Gasteiger charge is 2.46. The molecular weight excluding hydrogens is 460 g/mol. The smallest absolute Gasteiger partial charge is 0.0534 e. The van der Waals surface area contributed by atoms with E-state index in [9.17, 15) is 0 Å². The molecule has 38 heavy (non-hydrogen) atoms. The lowest BCUT2D eigenvalue weighted by Gasteiger charge is -2.41. The maximum absolute atomic E-state index is 2.65. The van der Waals surface area contributed by atoms with Crippen molar-refractivity contribution in [3.05, 3.63) is 89.6 Å². The standard InChI is InChI=1S/C36H46N2/c1-23(2)31-27-18-11-13-20-29(27)37(33(31)35(5,6)7)25-16-15-17-26(22-25)38-30-21-14-12-19-28(30)32(24(3)4)34(38)36(8,9)10/h11-24,31,33H,1-10H3. The zero-order valence-corrected chi connectivity index (χ0v) is 25.1. The number of hydrogen-bond acceptors (Lipinski definition) is 1. The molecule has 2 nitrogen and oxygen atoms in total. The third kappa shape index (κ3) is 4.27. The van der Waals surface area contributed by atoms with Crippen LogP contribution >= 0.6 is 0 Å². The predicted octanol–water partition coefficient (Wildman–Crippen LogP) is 10.4. The van der Waals surface area contributed by atoms with Crippen molar-refractivity contribution in [3.63, 3.8) is 0 Å². The Balaban J connectivity index is 1.78. The van der Waals surface area contributed by atoms with Crippen molar-refractivity contribution in [3.8, 4) is 5.69 Å². The number of benzene rings is 3. The summed E-state index contributed by atoms with van der Waals surface area (Å²) in [7, 11) is 0. The molecule has 0 radical (unpaired) electrons. The van der Waals surface area contributed by atoms with E-state index in [2.05, 4.69) is 152 Å². The molecule has 0 spiro atoms. The van der Waals surface area contributed by atoms with Crippen LogP contribution in [0.2, 0.25) is 0 Å². The average molecular weight is 507 g/mol. The Hall–Kier alpha value is -3.00. The van der Waals surface area contributed by atoms with E-state index in [0.29, 0.717) is 23.8 Å². The van der Waals surface area contributed by atoms with Gasteiger partial charge >= 0.3 is 0 Å². The minimum atomic E-state index is 0.00551. The van der Waals surface area contributed by atoms with Crippen LogP contribution in [0.1, 0.15) is 97.9 Å². The largest absolute Gasteiger partial charge is 0.337 e. The lowest BCUT2D eigenvalue weighted by molar-refractivity contribution is 0.259. The molecule has 5 rings (SSSR count). The van der Waals surface area contributed by atoms with Crippen molar-refractivity contribution < 1.29 is 0 Å². The van der Waals surface area contributed by atoms with Crippen LogP contribution in [0.25, 0.3) is 16.6 Å². The molecule has 2 unspecified atom stereocenters. The quantitative estimate of drug-likeness (QED) is 0.267. The number of anilines is 2. The Morgan fingerprint density at radius 1 is 0.711 bits per heavy atom. The van der Waals surface area contributed by atoms with Gasteiger partial charge in [-0.2, -0.15) is 0 Å². The van der Waals surface area contributed by atoms with Gasteiger partial charge in [0.2, 0.25) is 0 Å². The third-order valence-corrected chi connectivity index (χ3v) is 8.35. The van der Waals surface area contributed by atoms with Gasteiger partial charge in [-0.05, 0) is 58.7 Å². The summed E-state index contributed by atoms with van der Waals surface area (Å²) in [6.07, 6.45) is 0. The fourth-order valence-electron chi connectivity index (χ4n) is 7.06. The van der Waals surface area contributed by atoms with Gasteiger partial charge in [0.1, 0.15) is 0 Å². The molecule has 3 aromatic carbocycles. The molecular formula is C36H46N2. The van der Waals surface area contributed by atoms with E-state index in [1.807, 2.05) is 0 Å². The van der Waals surface area contributed by atoms with E-state index in [1.54, 1.807) is 0 Å². The Labute approximate surface area is 230 Å². The number of nitrogens with zero attached hydrogens (tertiary/aromatic N) is 2. The SMILES string of the molecule is CC(C)c1c(C(C)(C)C)n(-c2cccc(N3c4ccccc4C(C(C)C)C3C(C)(C)C)c2)c2ccccc12. The van der Waals surface area contributed by atoms with Gasteiger partial charge in [-0.3, -0.25) is 0 Å². The molecule has 2 heteroatoms. The van der Waals surface area contributed by atoms with Gasteiger partial charge < -0.3 is 9.47 Å². The maximum atomic E-state index is 2.65. The highest BCUT2D eigenvalue weighted by atomic mass is 15.2. The summed E-state index contributed by atoms with van der Waals surface area (Å²) >= 11 is 0. The van der Waals surface area contributed by atoms with Gasteiger partial charge in [-0.25, -0.2) is 0 Å². The van der Waals surface area contributed by atoms with E-state index >= 15 is 0 Å². The van der Waals surface area contributed by atoms with E-state index in [0.717, 1.165) is 0 Å². The van der Waals surface area contributed by atoms with Gasteiger partial charge in [0.15, 0.2) is 0 Å². The number of hydrogen-bond donors (Lipinski definition) is 0. The molecule has 1 aliphatic heterocycles. The second-order valence-corrected chi connectivity index (χ2v) is 14.0. The summed E-state index contributed by atoms with van der Waals surface area (Å²) in [4.78, 5) is 2.65. The van der Waals surface area contributed by atoms with Gasteiger partial charge in [0.05, 0.1) is 5.52 Å². The molecule has 0 fully saturated rings. The lowest BCUT2D eigenvalue weighted by atomic mass is 9.73. The van der Waals surface area contributed by atoms with Crippen LogP contribution in [0.4, 0.5) is 11.4 Å². The molecule has 0 saturated carbocycles. The molecule has 0 amide bonds. The normalized spacial score (nSPS) is 18.2. The second kappa shape index (κ2) is 9.33. The first kappa shape index (κ1) is 26.6. The topological polar surface area (TPSA) is 8.17 Å². The van der Waals surface area contributed by atoms with Gasteiger partial charge in [-0.15, -0.1) is 0 Å². The van der Waals surface area contributed by atoms with E-state index in [4.69, 9.17) is 0 Å². The van der Waals surface area contributed by atoms with Crippen LogP contribution in [-0.2, 0) is 5.41 Å². The Morgan fingerprint density at radius 2 is 1.34 bits per heavy atom. The molecule has 0 bridgehead atoms. The molecule has 0 N–H and O–H groups in total. The molecule has 200 valence electrons. The lowest BCUT2D eigenvalue weighted by Crippen LogP contribution is -2.42. The van der Waals surface area contributed by atoms with Gasteiger partial charge in [0, 0.05) is 45.5 Å². The summed E-state index contributed by atoms with van der Waals surface area (Å²) in [5.41, 5.74) is 9.67. The Bertz CT molecular complexity index is 1450. The van der Waals surface area contributed by atoms with E-state index in [1.165, 1.54) is 44.8 Å². The van der Waals surface area contributed by atoms with Crippen LogP contribution in [0.15, 0.2) is 72.8 Å². The fourth-order valence-corrected chi connectivity index (χ4v) is 7.06. The van der Waals surface area contributed by atoms with Crippen molar-refractivity contribution in [2.75, 3.05) is 4.90 Å². The molecule has 1 aliphatic rings. The molecule has 2 heterocycles. The predicted molar refractivity (Wildman–Crippen MR) is 165 cm³/mol. The first-order valence-corrected chi connectivity index (χ1v) is 14.4. The van der Waals surface area contributed by atoms with Crippen LogP contribution in [-0.4, -0.2) is 10.6 Å². The first-order chi connectivity index (χ1) is 17.8. The zero-order valence-electron chi connectivity index (χ0n) is 25.1. The summed E-state index contributed by atoms with van der Waals surface area (Å²) in [5, 5.41) is 1.37. The van der Waals surface area contributed by atoms with Crippen molar-refractivity contribution in [1.82, 2.24) is 4.57 Å². The number of para-hydroxylation sites is 2.